The highest BCUT2D eigenvalue weighted by Gasteiger charge is 2.20. The van der Waals surface area contributed by atoms with Gasteiger partial charge in [-0.2, -0.15) is 13.4 Å². The number of carbonyl (C=O) groups excluding carboxylic acids is 2. The molecule has 3 rings (SSSR count). The maximum atomic E-state index is 12.4. The number of hydrogen-bond donors (Lipinski definition) is 2. The fourth-order valence-corrected chi connectivity index (χ4v) is 3.89. The molecule has 0 aliphatic carbocycles. The molecule has 0 spiro atoms. The summed E-state index contributed by atoms with van der Waals surface area (Å²) in [6.07, 6.45) is 1.61. The lowest BCUT2D eigenvalue weighted by atomic mass is 10.2. The number of amidine groups is 1. The minimum Gasteiger partial charge on any atom is -0.379 e. The van der Waals surface area contributed by atoms with Crippen molar-refractivity contribution in [2.24, 2.45) is 10.7 Å². The molecule has 0 saturated carbocycles. The van der Waals surface area contributed by atoms with Gasteiger partial charge in [0.05, 0.1) is 4.91 Å². The SMILES string of the molecule is CC(=O)Nc1ccc(S(=O)(=O)Oc2ccc(C=C3SC(N)=NC3=O)cc2)cc1. The summed E-state index contributed by atoms with van der Waals surface area (Å²) in [6.45, 7) is 1.36. The van der Waals surface area contributed by atoms with Crippen molar-refractivity contribution >= 4 is 50.6 Å². The van der Waals surface area contributed by atoms with Crippen LogP contribution >= 0.6 is 11.8 Å². The van der Waals surface area contributed by atoms with Gasteiger partial charge in [0, 0.05) is 12.6 Å². The first-order valence-corrected chi connectivity index (χ1v) is 10.2. The number of amides is 2. The molecule has 0 atom stereocenters. The molecule has 0 saturated heterocycles. The maximum absolute atomic E-state index is 12.4. The molecular weight excluding hydrogens is 402 g/mol. The molecule has 0 radical (unpaired) electrons. The van der Waals surface area contributed by atoms with E-state index in [1.807, 2.05) is 0 Å². The molecule has 0 fully saturated rings. The first-order chi connectivity index (χ1) is 13.2. The average Bonchev–Trinajstić information content (AvgIpc) is 2.93. The van der Waals surface area contributed by atoms with Gasteiger partial charge in [-0.05, 0) is 59.8 Å². The third-order valence-corrected chi connectivity index (χ3v) is 5.56. The zero-order valence-electron chi connectivity index (χ0n) is 14.6. The summed E-state index contributed by atoms with van der Waals surface area (Å²) < 4.78 is 29.9. The van der Waals surface area contributed by atoms with Gasteiger partial charge in [-0.15, -0.1) is 0 Å². The summed E-state index contributed by atoms with van der Waals surface area (Å²) in [7, 11) is -4.03. The van der Waals surface area contributed by atoms with Gasteiger partial charge in [-0.25, -0.2) is 0 Å². The Morgan fingerprint density at radius 1 is 1.14 bits per heavy atom. The van der Waals surface area contributed by atoms with Gasteiger partial charge < -0.3 is 15.2 Å². The van der Waals surface area contributed by atoms with Crippen LogP contribution in [0.25, 0.3) is 6.08 Å². The Balaban J connectivity index is 1.72. The Morgan fingerprint density at radius 2 is 1.79 bits per heavy atom. The molecule has 3 N–H and O–H groups in total. The molecule has 8 nitrogen and oxygen atoms in total. The summed E-state index contributed by atoms with van der Waals surface area (Å²) in [5, 5.41) is 2.74. The third kappa shape index (κ3) is 4.78. The highest BCUT2D eigenvalue weighted by Crippen LogP contribution is 2.27. The fourth-order valence-electron chi connectivity index (χ4n) is 2.28. The second kappa shape index (κ2) is 7.87. The van der Waals surface area contributed by atoms with Crippen LogP contribution in [0.3, 0.4) is 0 Å². The second-order valence-corrected chi connectivity index (χ2v) is 8.29. The molecular formula is C18H15N3O5S2. The average molecular weight is 417 g/mol. The molecule has 0 bridgehead atoms. The monoisotopic (exact) mass is 417 g/mol. The normalized spacial score (nSPS) is 15.4. The number of hydrogen-bond acceptors (Lipinski definition) is 7. The van der Waals surface area contributed by atoms with Gasteiger partial charge in [0.1, 0.15) is 10.6 Å². The van der Waals surface area contributed by atoms with Gasteiger partial charge in [0.15, 0.2) is 5.17 Å². The topological polar surface area (TPSA) is 128 Å². The van der Waals surface area contributed by atoms with E-state index in [1.54, 1.807) is 18.2 Å². The van der Waals surface area contributed by atoms with Crippen LogP contribution in [0.4, 0.5) is 5.69 Å². The van der Waals surface area contributed by atoms with Crippen molar-refractivity contribution in [2.45, 2.75) is 11.8 Å². The predicted octanol–water partition coefficient (Wildman–Crippen LogP) is 2.34. The van der Waals surface area contributed by atoms with Gasteiger partial charge >= 0.3 is 10.1 Å². The van der Waals surface area contributed by atoms with Crippen LogP contribution in [-0.2, 0) is 19.7 Å². The largest absolute Gasteiger partial charge is 0.379 e. The van der Waals surface area contributed by atoms with Crippen LogP contribution in [0.2, 0.25) is 0 Å². The van der Waals surface area contributed by atoms with E-state index in [-0.39, 0.29) is 21.7 Å². The van der Waals surface area contributed by atoms with Gasteiger partial charge in [0.25, 0.3) is 5.91 Å². The van der Waals surface area contributed by atoms with Crippen molar-refractivity contribution in [2.75, 3.05) is 5.32 Å². The predicted molar refractivity (Wildman–Crippen MR) is 107 cm³/mol. The lowest BCUT2D eigenvalue weighted by Gasteiger charge is -2.08. The van der Waals surface area contributed by atoms with Crippen molar-refractivity contribution in [3.63, 3.8) is 0 Å². The van der Waals surface area contributed by atoms with Crippen LogP contribution in [-0.4, -0.2) is 25.4 Å². The number of aliphatic imine (C=N–C) groups is 1. The van der Waals surface area contributed by atoms with Crippen molar-refractivity contribution in [3.05, 3.63) is 59.0 Å². The second-order valence-electron chi connectivity index (χ2n) is 5.68. The number of nitrogens with zero attached hydrogens (tertiary/aromatic N) is 1. The number of nitrogens with two attached hydrogens (primary N) is 1. The lowest BCUT2D eigenvalue weighted by Crippen LogP contribution is -2.10. The Hall–Kier alpha value is -3.11. The molecule has 1 aliphatic heterocycles. The molecule has 1 heterocycles. The lowest BCUT2D eigenvalue weighted by molar-refractivity contribution is -0.114. The Bertz CT molecular complexity index is 1090. The Morgan fingerprint density at radius 3 is 2.32 bits per heavy atom. The smallest absolute Gasteiger partial charge is 0.339 e. The molecule has 144 valence electrons. The van der Waals surface area contributed by atoms with Crippen LogP contribution in [0, 0.1) is 0 Å². The molecule has 0 unspecified atom stereocenters. The van der Waals surface area contributed by atoms with E-state index in [2.05, 4.69) is 10.3 Å². The van der Waals surface area contributed by atoms with E-state index in [9.17, 15) is 18.0 Å². The highest BCUT2D eigenvalue weighted by atomic mass is 32.2. The summed E-state index contributed by atoms with van der Waals surface area (Å²) in [5.41, 5.74) is 6.65. The van der Waals surface area contributed by atoms with Crippen molar-refractivity contribution in [1.82, 2.24) is 0 Å². The first kappa shape index (κ1) is 19.6. The third-order valence-electron chi connectivity index (χ3n) is 3.48. The summed E-state index contributed by atoms with van der Waals surface area (Å²) >= 11 is 1.07. The van der Waals surface area contributed by atoms with Crippen LogP contribution in [0.1, 0.15) is 12.5 Å². The van der Waals surface area contributed by atoms with Crippen LogP contribution in [0.5, 0.6) is 5.75 Å². The Labute approximate surface area is 165 Å². The molecule has 1 aliphatic rings. The van der Waals surface area contributed by atoms with E-state index in [1.165, 1.54) is 43.3 Å². The van der Waals surface area contributed by atoms with Crippen molar-refractivity contribution in [1.29, 1.82) is 0 Å². The fraction of sp³-hybridized carbons (Fsp3) is 0.0556. The number of nitrogens with one attached hydrogen (secondary N) is 1. The minimum absolute atomic E-state index is 0.0478. The summed E-state index contributed by atoms with van der Waals surface area (Å²) in [6, 6.07) is 11.8. The van der Waals surface area contributed by atoms with E-state index in [4.69, 9.17) is 9.92 Å². The zero-order valence-corrected chi connectivity index (χ0v) is 16.2. The van der Waals surface area contributed by atoms with Gasteiger partial charge in [0.2, 0.25) is 5.91 Å². The van der Waals surface area contributed by atoms with Crippen molar-refractivity contribution < 1.29 is 22.2 Å². The van der Waals surface area contributed by atoms with E-state index >= 15 is 0 Å². The standard InChI is InChI=1S/C18H15N3O5S2/c1-11(22)20-13-4-8-15(9-5-13)28(24,25)26-14-6-2-12(3-7-14)10-16-17(23)21-18(19)27-16/h2-10H,1H3,(H,20,22)(H2,19,21,23). The number of rotatable bonds is 5. The summed E-state index contributed by atoms with van der Waals surface area (Å²) in [5.74, 6) is -0.545. The first-order valence-electron chi connectivity index (χ1n) is 7.93. The molecule has 2 amide bonds. The quantitative estimate of drug-likeness (QED) is 0.564. The minimum atomic E-state index is -4.03. The molecule has 2 aromatic carbocycles. The molecule has 2 aromatic rings. The number of carbonyl (C=O) groups is 2. The molecule has 28 heavy (non-hydrogen) atoms. The number of anilines is 1. The Kier molecular flexibility index (Phi) is 5.52. The van der Waals surface area contributed by atoms with E-state index in [0.29, 0.717) is 16.2 Å². The zero-order chi connectivity index (χ0) is 20.3. The molecule has 0 aromatic heterocycles. The van der Waals surface area contributed by atoms with Gasteiger partial charge in [-0.1, -0.05) is 12.1 Å². The van der Waals surface area contributed by atoms with Crippen LogP contribution < -0.4 is 15.2 Å². The summed E-state index contributed by atoms with van der Waals surface area (Å²) in [4.78, 5) is 26.6. The highest BCUT2D eigenvalue weighted by molar-refractivity contribution is 8.18. The van der Waals surface area contributed by atoms with Crippen LogP contribution in [0.15, 0.2) is 63.3 Å². The number of thioether (sulfide) groups is 1. The van der Waals surface area contributed by atoms with E-state index in [0.717, 1.165) is 11.8 Å². The van der Waals surface area contributed by atoms with E-state index < -0.39 is 16.0 Å². The molecule has 10 heteroatoms. The maximum Gasteiger partial charge on any atom is 0.339 e. The van der Waals surface area contributed by atoms with Gasteiger partial charge in [-0.3, -0.25) is 9.59 Å². The van der Waals surface area contributed by atoms with Crippen molar-refractivity contribution in [3.8, 4) is 5.75 Å². The number of benzene rings is 2.